The average molecular weight is 429 g/mol. The van der Waals surface area contributed by atoms with Crippen LogP contribution in [0.2, 0.25) is 0 Å². The van der Waals surface area contributed by atoms with Crippen LogP contribution in [0, 0.1) is 0 Å². The van der Waals surface area contributed by atoms with Gasteiger partial charge in [-0.25, -0.2) is 9.97 Å². The van der Waals surface area contributed by atoms with Crippen molar-refractivity contribution in [3.8, 4) is 10.4 Å². The number of thiophene rings is 1. The van der Waals surface area contributed by atoms with E-state index >= 15 is 0 Å². The fraction of sp³-hybridized carbons (Fsp3) is 0.240. The molecule has 5 nitrogen and oxygen atoms in total. The number of amides is 1. The predicted octanol–water partition coefficient (Wildman–Crippen LogP) is 4.77. The van der Waals surface area contributed by atoms with Crippen molar-refractivity contribution in [2.24, 2.45) is 0 Å². The van der Waals surface area contributed by atoms with Crippen molar-refractivity contribution in [3.63, 3.8) is 0 Å². The number of hydrogen-bond acceptors (Lipinski definition) is 5. The van der Waals surface area contributed by atoms with Gasteiger partial charge >= 0.3 is 0 Å². The highest BCUT2D eigenvalue weighted by Gasteiger charge is 2.21. The zero-order chi connectivity index (χ0) is 21.2. The molecule has 0 atom stereocenters. The summed E-state index contributed by atoms with van der Waals surface area (Å²) in [6, 6.07) is 20.9. The Balaban J connectivity index is 1.29. The van der Waals surface area contributed by atoms with E-state index in [1.54, 1.807) is 17.7 Å². The van der Waals surface area contributed by atoms with Gasteiger partial charge < -0.3 is 9.80 Å². The van der Waals surface area contributed by atoms with Crippen molar-refractivity contribution >= 4 is 33.3 Å². The molecule has 0 N–H and O–H groups in total. The first-order valence-corrected chi connectivity index (χ1v) is 11.4. The second-order valence-corrected chi connectivity index (χ2v) is 8.93. The maximum Gasteiger partial charge on any atom is 0.224 e. The third-order valence-electron chi connectivity index (χ3n) is 5.87. The first-order valence-electron chi connectivity index (χ1n) is 10.5. The summed E-state index contributed by atoms with van der Waals surface area (Å²) in [6.45, 7) is 2.13. The molecule has 156 valence electrons. The van der Waals surface area contributed by atoms with Gasteiger partial charge in [-0.1, -0.05) is 54.6 Å². The van der Waals surface area contributed by atoms with Crippen LogP contribution in [0.3, 0.4) is 0 Å². The summed E-state index contributed by atoms with van der Waals surface area (Å²) in [5.74, 6) is 1.07. The van der Waals surface area contributed by atoms with E-state index in [1.807, 2.05) is 36.2 Å². The van der Waals surface area contributed by atoms with Gasteiger partial charge in [0, 0.05) is 38.0 Å². The van der Waals surface area contributed by atoms with Crippen molar-refractivity contribution in [3.05, 3.63) is 78.1 Å². The number of nitrogens with zero attached hydrogens (tertiary/aromatic N) is 4. The van der Waals surface area contributed by atoms with Gasteiger partial charge in [0.1, 0.15) is 17.0 Å². The number of aromatic nitrogens is 2. The fourth-order valence-electron chi connectivity index (χ4n) is 4.13. The molecule has 6 heteroatoms. The van der Waals surface area contributed by atoms with E-state index in [0.29, 0.717) is 19.5 Å². The Morgan fingerprint density at radius 3 is 2.68 bits per heavy atom. The van der Waals surface area contributed by atoms with Crippen LogP contribution in [0.25, 0.3) is 20.7 Å². The Hall–Kier alpha value is -3.25. The Morgan fingerprint density at radius 1 is 1.06 bits per heavy atom. The molecule has 1 amide bonds. The van der Waals surface area contributed by atoms with E-state index in [0.717, 1.165) is 29.0 Å². The van der Waals surface area contributed by atoms with Crippen LogP contribution in [0.15, 0.2) is 67.0 Å². The molecule has 2 aromatic heterocycles. The molecule has 0 spiro atoms. The lowest BCUT2D eigenvalue weighted by atomic mass is 10.00. The smallest absolute Gasteiger partial charge is 0.224 e. The van der Waals surface area contributed by atoms with E-state index in [1.165, 1.54) is 21.6 Å². The summed E-state index contributed by atoms with van der Waals surface area (Å²) in [6.07, 6.45) is 3.02. The first kappa shape index (κ1) is 19.7. The highest BCUT2D eigenvalue weighted by atomic mass is 32.1. The zero-order valence-electron chi connectivity index (χ0n) is 17.5. The van der Waals surface area contributed by atoms with Crippen LogP contribution < -0.4 is 4.90 Å². The molecule has 0 saturated heterocycles. The normalized spacial score (nSPS) is 13.3. The second kappa shape index (κ2) is 8.47. The number of fused-ring (bicyclic) bond motifs is 2. The monoisotopic (exact) mass is 428 g/mol. The van der Waals surface area contributed by atoms with E-state index in [2.05, 4.69) is 51.3 Å². The topological polar surface area (TPSA) is 49.3 Å². The standard InChI is InChI=1S/C25H24N4OS/c1-28(13-12-23(30)29-14-11-18-7-5-6-10-20(18)16-29)24-21-15-22(19-8-3-2-4-9-19)31-25(21)27-17-26-24/h2-10,15,17H,11-14,16H2,1H3. The van der Waals surface area contributed by atoms with Gasteiger partial charge in [-0.05, 0) is 29.2 Å². The largest absolute Gasteiger partial charge is 0.359 e. The van der Waals surface area contributed by atoms with Crippen molar-refractivity contribution < 1.29 is 4.79 Å². The maximum atomic E-state index is 12.9. The van der Waals surface area contributed by atoms with E-state index in [-0.39, 0.29) is 5.91 Å². The zero-order valence-corrected chi connectivity index (χ0v) is 18.3. The molecule has 4 aromatic rings. The highest BCUT2D eigenvalue weighted by Crippen LogP contribution is 2.35. The molecule has 0 saturated carbocycles. The van der Waals surface area contributed by atoms with Gasteiger partial charge in [0.15, 0.2) is 0 Å². The minimum absolute atomic E-state index is 0.196. The number of rotatable bonds is 5. The Morgan fingerprint density at radius 2 is 1.84 bits per heavy atom. The quantitative estimate of drug-likeness (QED) is 0.459. The number of carbonyl (C=O) groups excluding carboxylic acids is 1. The molecule has 0 unspecified atom stereocenters. The third-order valence-corrected chi connectivity index (χ3v) is 6.96. The van der Waals surface area contributed by atoms with Crippen molar-refractivity contribution in [1.29, 1.82) is 0 Å². The van der Waals surface area contributed by atoms with Crippen LogP contribution in [0.5, 0.6) is 0 Å². The molecule has 0 radical (unpaired) electrons. The number of anilines is 1. The van der Waals surface area contributed by atoms with E-state index in [4.69, 9.17) is 0 Å². The molecule has 5 rings (SSSR count). The molecule has 0 aliphatic carbocycles. The molecular formula is C25H24N4OS. The number of benzene rings is 2. The summed E-state index contributed by atoms with van der Waals surface area (Å²) in [5, 5.41) is 1.04. The minimum Gasteiger partial charge on any atom is -0.359 e. The van der Waals surface area contributed by atoms with E-state index < -0.39 is 0 Å². The Kier molecular flexibility index (Phi) is 5.38. The molecular weight excluding hydrogens is 404 g/mol. The van der Waals surface area contributed by atoms with Crippen LogP contribution in [-0.2, 0) is 17.8 Å². The summed E-state index contributed by atoms with van der Waals surface area (Å²) < 4.78 is 0. The molecule has 1 aliphatic rings. The van der Waals surface area contributed by atoms with Gasteiger partial charge in [0.05, 0.1) is 5.39 Å². The van der Waals surface area contributed by atoms with Crippen LogP contribution in [0.1, 0.15) is 17.5 Å². The lowest BCUT2D eigenvalue weighted by Gasteiger charge is -2.29. The molecule has 3 heterocycles. The van der Waals surface area contributed by atoms with Crippen LogP contribution >= 0.6 is 11.3 Å². The number of carbonyl (C=O) groups is 1. The third kappa shape index (κ3) is 4.03. The summed E-state index contributed by atoms with van der Waals surface area (Å²) in [7, 11) is 2.00. The predicted molar refractivity (Wildman–Crippen MR) is 126 cm³/mol. The minimum atomic E-state index is 0.196. The van der Waals surface area contributed by atoms with Gasteiger partial charge in [-0.3, -0.25) is 4.79 Å². The van der Waals surface area contributed by atoms with Gasteiger partial charge in [0.2, 0.25) is 5.91 Å². The van der Waals surface area contributed by atoms with Gasteiger partial charge in [0.25, 0.3) is 0 Å². The molecule has 1 aliphatic heterocycles. The number of hydrogen-bond donors (Lipinski definition) is 0. The van der Waals surface area contributed by atoms with Gasteiger partial charge in [-0.2, -0.15) is 0 Å². The molecule has 31 heavy (non-hydrogen) atoms. The SMILES string of the molecule is CN(CCC(=O)N1CCc2ccccc2C1)c1ncnc2sc(-c3ccccc3)cc12. The average Bonchev–Trinajstić information content (AvgIpc) is 3.27. The highest BCUT2D eigenvalue weighted by molar-refractivity contribution is 7.21. The van der Waals surface area contributed by atoms with Crippen LogP contribution in [0.4, 0.5) is 5.82 Å². The summed E-state index contributed by atoms with van der Waals surface area (Å²) in [4.78, 5) is 28.1. The Bertz CT molecular complexity index is 1220. The van der Waals surface area contributed by atoms with Crippen molar-refractivity contribution in [1.82, 2.24) is 14.9 Å². The van der Waals surface area contributed by atoms with Crippen LogP contribution in [-0.4, -0.2) is 40.9 Å². The van der Waals surface area contributed by atoms with E-state index in [9.17, 15) is 4.79 Å². The van der Waals surface area contributed by atoms with Gasteiger partial charge in [-0.15, -0.1) is 11.3 Å². The maximum absolute atomic E-state index is 12.9. The molecule has 0 bridgehead atoms. The van der Waals surface area contributed by atoms with Crippen molar-refractivity contribution in [2.45, 2.75) is 19.4 Å². The van der Waals surface area contributed by atoms with Crippen molar-refractivity contribution in [2.75, 3.05) is 25.0 Å². The molecule has 0 fully saturated rings. The lowest BCUT2D eigenvalue weighted by molar-refractivity contribution is -0.131. The molecule has 2 aromatic carbocycles. The summed E-state index contributed by atoms with van der Waals surface area (Å²) >= 11 is 1.67. The summed E-state index contributed by atoms with van der Waals surface area (Å²) in [5.41, 5.74) is 3.80. The first-order chi connectivity index (χ1) is 15.2. The second-order valence-electron chi connectivity index (χ2n) is 7.90. The lowest BCUT2D eigenvalue weighted by Crippen LogP contribution is -2.37. The fourth-order valence-corrected chi connectivity index (χ4v) is 5.13. The Labute approximate surface area is 186 Å².